The first-order chi connectivity index (χ1) is 12.5. The molecular formula is C18H36N4O3S. The molecule has 0 aromatic heterocycles. The highest BCUT2D eigenvalue weighted by molar-refractivity contribution is 7.89. The number of hydrogen-bond donors (Lipinski definition) is 3. The van der Waals surface area contributed by atoms with Gasteiger partial charge in [0.1, 0.15) is 0 Å². The molecular weight excluding hydrogens is 352 g/mol. The van der Waals surface area contributed by atoms with Crippen LogP contribution in [0.4, 0.5) is 0 Å². The van der Waals surface area contributed by atoms with E-state index in [4.69, 9.17) is 4.74 Å². The Kier molecular flexibility index (Phi) is 9.15. The van der Waals surface area contributed by atoms with Gasteiger partial charge in [-0.05, 0) is 44.9 Å². The van der Waals surface area contributed by atoms with E-state index in [9.17, 15) is 8.42 Å². The quantitative estimate of drug-likeness (QED) is 0.434. The van der Waals surface area contributed by atoms with E-state index in [0.717, 1.165) is 57.1 Å². The molecule has 1 aliphatic heterocycles. The normalized spacial score (nSPS) is 27.9. The van der Waals surface area contributed by atoms with Crippen LogP contribution in [0, 0.1) is 5.92 Å². The average molecular weight is 389 g/mol. The lowest BCUT2D eigenvalue weighted by Gasteiger charge is -2.28. The van der Waals surface area contributed by atoms with Crippen molar-refractivity contribution in [3.05, 3.63) is 0 Å². The summed E-state index contributed by atoms with van der Waals surface area (Å²) in [6.07, 6.45) is 7.93. The molecule has 152 valence electrons. The van der Waals surface area contributed by atoms with E-state index in [1.807, 2.05) is 6.92 Å². The van der Waals surface area contributed by atoms with E-state index in [-0.39, 0.29) is 18.4 Å². The largest absolute Gasteiger partial charge is 0.377 e. The Balaban J connectivity index is 1.76. The van der Waals surface area contributed by atoms with Crippen LogP contribution in [0.5, 0.6) is 0 Å². The van der Waals surface area contributed by atoms with Crippen molar-refractivity contribution in [2.75, 3.05) is 32.0 Å². The monoisotopic (exact) mass is 388 g/mol. The Bertz CT molecular complexity index is 533. The van der Waals surface area contributed by atoms with Crippen LogP contribution in [0.1, 0.15) is 58.8 Å². The van der Waals surface area contributed by atoms with Crippen LogP contribution in [0.15, 0.2) is 4.99 Å². The smallest absolute Gasteiger partial charge is 0.213 e. The number of rotatable bonds is 8. The van der Waals surface area contributed by atoms with Crippen LogP contribution in [0.3, 0.4) is 0 Å². The minimum Gasteiger partial charge on any atom is -0.377 e. The van der Waals surface area contributed by atoms with Gasteiger partial charge in [-0.1, -0.05) is 19.8 Å². The molecule has 3 atom stereocenters. The molecule has 1 aliphatic carbocycles. The minimum absolute atomic E-state index is 0.00262. The molecule has 2 rings (SSSR count). The zero-order chi connectivity index (χ0) is 18.8. The first-order valence-corrected chi connectivity index (χ1v) is 11.8. The molecule has 3 N–H and O–H groups in total. The summed E-state index contributed by atoms with van der Waals surface area (Å²) in [5.74, 6) is 1.45. The van der Waals surface area contributed by atoms with Crippen LogP contribution in [-0.4, -0.2) is 58.5 Å². The Morgan fingerprint density at radius 2 is 2.04 bits per heavy atom. The predicted octanol–water partition coefficient (Wildman–Crippen LogP) is 1.61. The second-order valence-corrected chi connectivity index (χ2v) is 9.46. The van der Waals surface area contributed by atoms with Crippen LogP contribution in [0.25, 0.3) is 0 Å². The molecule has 0 spiro atoms. The molecule has 3 unspecified atom stereocenters. The molecule has 2 fully saturated rings. The van der Waals surface area contributed by atoms with Gasteiger partial charge in [-0.3, -0.25) is 4.99 Å². The molecule has 7 nitrogen and oxygen atoms in total. The molecule has 0 amide bonds. The van der Waals surface area contributed by atoms with Crippen molar-refractivity contribution >= 4 is 16.0 Å². The van der Waals surface area contributed by atoms with Crippen molar-refractivity contribution in [1.82, 2.24) is 15.4 Å². The van der Waals surface area contributed by atoms with Crippen molar-refractivity contribution < 1.29 is 13.2 Å². The zero-order valence-electron chi connectivity index (χ0n) is 16.3. The average Bonchev–Trinajstić information content (AvgIpc) is 2.61. The maximum Gasteiger partial charge on any atom is 0.213 e. The number of guanidine groups is 1. The molecule has 0 radical (unpaired) electrons. The van der Waals surface area contributed by atoms with Gasteiger partial charge in [-0.2, -0.15) is 0 Å². The minimum atomic E-state index is -3.33. The lowest BCUT2D eigenvalue weighted by atomic mass is 9.87. The van der Waals surface area contributed by atoms with Crippen molar-refractivity contribution in [2.45, 2.75) is 70.9 Å². The lowest BCUT2D eigenvalue weighted by molar-refractivity contribution is 0.0200. The van der Waals surface area contributed by atoms with E-state index in [1.165, 1.54) is 12.8 Å². The highest BCUT2D eigenvalue weighted by Crippen LogP contribution is 2.23. The zero-order valence-corrected chi connectivity index (χ0v) is 17.1. The van der Waals surface area contributed by atoms with Crippen molar-refractivity contribution in [3.8, 4) is 0 Å². The molecule has 1 heterocycles. The third kappa shape index (κ3) is 8.22. The topological polar surface area (TPSA) is 91.8 Å². The second kappa shape index (κ2) is 11.1. The van der Waals surface area contributed by atoms with Crippen molar-refractivity contribution in [3.63, 3.8) is 0 Å². The van der Waals surface area contributed by atoms with E-state index in [2.05, 4.69) is 27.3 Å². The SMILES string of the molecule is CCNC(=NCCS(=O)(=O)NCC1CCCCO1)NC1CCCC(C)C1. The van der Waals surface area contributed by atoms with Crippen LogP contribution >= 0.6 is 0 Å². The summed E-state index contributed by atoms with van der Waals surface area (Å²) in [6.45, 7) is 6.41. The molecule has 2 aliphatic rings. The third-order valence-electron chi connectivity index (χ3n) is 5.06. The molecule has 0 bridgehead atoms. The van der Waals surface area contributed by atoms with Crippen molar-refractivity contribution in [2.24, 2.45) is 10.9 Å². The Labute approximate surface area is 158 Å². The van der Waals surface area contributed by atoms with Gasteiger partial charge in [-0.25, -0.2) is 13.1 Å². The maximum absolute atomic E-state index is 12.2. The molecule has 1 saturated carbocycles. The number of aliphatic imine (C=N–C) groups is 1. The molecule has 8 heteroatoms. The summed E-state index contributed by atoms with van der Waals surface area (Å²) in [7, 11) is -3.33. The van der Waals surface area contributed by atoms with Crippen LogP contribution in [-0.2, 0) is 14.8 Å². The van der Waals surface area contributed by atoms with Crippen LogP contribution < -0.4 is 15.4 Å². The van der Waals surface area contributed by atoms with Gasteiger partial charge in [0.15, 0.2) is 5.96 Å². The first kappa shape index (κ1) is 21.4. The Morgan fingerprint density at radius 3 is 2.73 bits per heavy atom. The van der Waals surface area contributed by atoms with E-state index >= 15 is 0 Å². The van der Waals surface area contributed by atoms with Gasteiger partial charge >= 0.3 is 0 Å². The number of sulfonamides is 1. The summed E-state index contributed by atoms with van der Waals surface area (Å²) >= 11 is 0. The number of hydrogen-bond acceptors (Lipinski definition) is 4. The molecule has 0 aromatic carbocycles. The molecule has 0 aromatic rings. The van der Waals surface area contributed by atoms with E-state index < -0.39 is 10.0 Å². The lowest BCUT2D eigenvalue weighted by Crippen LogP contribution is -2.45. The first-order valence-electron chi connectivity index (χ1n) is 10.1. The second-order valence-electron chi connectivity index (χ2n) is 7.53. The summed E-state index contributed by atoms with van der Waals surface area (Å²) in [6, 6.07) is 0.426. The van der Waals surface area contributed by atoms with Crippen molar-refractivity contribution in [1.29, 1.82) is 0 Å². The number of ether oxygens (including phenoxy) is 1. The van der Waals surface area contributed by atoms with Crippen LogP contribution in [0.2, 0.25) is 0 Å². The van der Waals surface area contributed by atoms with Gasteiger partial charge in [0, 0.05) is 25.7 Å². The summed E-state index contributed by atoms with van der Waals surface area (Å²) in [5.41, 5.74) is 0. The van der Waals surface area contributed by atoms with Gasteiger partial charge in [0.25, 0.3) is 0 Å². The highest BCUT2D eigenvalue weighted by atomic mass is 32.2. The van der Waals surface area contributed by atoms with E-state index in [1.54, 1.807) is 0 Å². The molecule has 26 heavy (non-hydrogen) atoms. The van der Waals surface area contributed by atoms with Gasteiger partial charge in [0.2, 0.25) is 10.0 Å². The fraction of sp³-hybridized carbons (Fsp3) is 0.944. The Hall–Kier alpha value is -0.860. The summed E-state index contributed by atoms with van der Waals surface area (Å²) in [5, 5.41) is 6.68. The Morgan fingerprint density at radius 1 is 1.19 bits per heavy atom. The highest BCUT2D eigenvalue weighted by Gasteiger charge is 2.20. The predicted molar refractivity (Wildman–Crippen MR) is 106 cm³/mol. The fourth-order valence-electron chi connectivity index (χ4n) is 3.62. The summed E-state index contributed by atoms with van der Waals surface area (Å²) < 4.78 is 32.6. The standard InChI is InChI=1S/C18H36N4O3S/c1-3-19-18(22-16-8-6-7-15(2)13-16)20-10-12-26(23,24)21-14-17-9-4-5-11-25-17/h15-17,21H,3-14H2,1-2H3,(H2,19,20,22). The van der Waals surface area contributed by atoms with E-state index in [0.29, 0.717) is 12.6 Å². The molecule has 1 saturated heterocycles. The van der Waals surface area contributed by atoms with Gasteiger partial charge in [-0.15, -0.1) is 0 Å². The van der Waals surface area contributed by atoms with Gasteiger partial charge < -0.3 is 15.4 Å². The summed E-state index contributed by atoms with van der Waals surface area (Å²) in [4.78, 5) is 4.46. The number of nitrogens with one attached hydrogen (secondary N) is 3. The third-order valence-corrected chi connectivity index (χ3v) is 6.38. The van der Waals surface area contributed by atoms with Gasteiger partial charge in [0.05, 0.1) is 18.4 Å². The number of nitrogens with zero attached hydrogens (tertiary/aromatic N) is 1. The fourth-order valence-corrected chi connectivity index (χ4v) is 4.53. The maximum atomic E-state index is 12.2.